The van der Waals surface area contributed by atoms with Gasteiger partial charge in [0.15, 0.2) is 6.29 Å². The van der Waals surface area contributed by atoms with Gasteiger partial charge in [-0.25, -0.2) is 8.78 Å². The normalized spacial score (nSPS) is 8.77. The van der Waals surface area contributed by atoms with Crippen molar-refractivity contribution in [3.63, 3.8) is 0 Å². The van der Waals surface area contributed by atoms with Crippen LogP contribution in [-0.2, 0) is 4.79 Å². The van der Waals surface area contributed by atoms with Gasteiger partial charge in [-0.2, -0.15) is 0 Å². The molecule has 0 bridgehead atoms. The number of hydrogen-bond acceptors (Lipinski definition) is 2. The molecule has 13 heavy (non-hydrogen) atoms. The molecule has 0 atom stereocenters. The molecule has 0 heterocycles. The quantitative estimate of drug-likeness (QED) is 0.370. The van der Waals surface area contributed by atoms with Crippen LogP contribution in [0.2, 0.25) is 0 Å². The first kappa shape index (κ1) is 9.20. The molecular weight excluding hydrogens is 176 g/mol. The van der Waals surface area contributed by atoms with Gasteiger partial charge in [0.1, 0.15) is 11.6 Å². The van der Waals surface area contributed by atoms with E-state index in [4.69, 9.17) is 5.73 Å². The van der Waals surface area contributed by atoms with Crippen LogP contribution >= 0.6 is 0 Å². The zero-order valence-electron chi connectivity index (χ0n) is 6.47. The highest BCUT2D eigenvalue weighted by atomic mass is 19.1. The average molecular weight is 181 g/mol. The molecule has 0 spiro atoms. The van der Waals surface area contributed by atoms with Gasteiger partial charge in [-0.05, 0) is 12.0 Å². The molecule has 1 aromatic carbocycles. The molecule has 2 N–H and O–H groups in total. The molecule has 2 nitrogen and oxygen atoms in total. The molecule has 0 aliphatic carbocycles. The molecule has 0 amide bonds. The van der Waals surface area contributed by atoms with Gasteiger partial charge >= 0.3 is 0 Å². The second-order valence-electron chi connectivity index (χ2n) is 2.24. The highest BCUT2D eigenvalue weighted by molar-refractivity contribution is 5.74. The molecule has 1 aromatic rings. The standard InChI is InChI=1S/C9H5F2NO/c10-7-5-8(11)9(12)4-6(7)2-1-3-13/h3-5H,12H2. The average Bonchev–Trinajstić information content (AvgIpc) is 2.09. The third-order valence-corrected chi connectivity index (χ3v) is 1.35. The summed E-state index contributed by atoms with van der Waals surface area (Å²) < 4.78 is 25.4. The monoisotopic (exact) mass is 181 g/mol. The summed E-state index contributed by atoms with van der Waals surface area (Å²) in [4.78, 5) is 9.84. The molecule has 0 radical (unpaired) electrons. The molecule has 1 rings (SSSR count). The lowest BCUT2D eigenvalue weighted by atomic mass is 10.2. The van der Waals surface area contributed by atoms with E-state index >= 15 is 0 Å². The highest BCUT2D eigenvalue weighted by Gasteiger charge is 2.04. The Balaban J connectivity index is 3.23. The maximum Gasteiger partial charge on any atom is 0.193 e. The van der Waals surface area contributed by atoms with Crippen LogP contribution in [0.5, 0.6) is 0 Å². The molecule has 0 fully saturated rings. The Morgan fingerprint density at radius 2 is 2.00 bits per heavy atom. The molecule has 0 aliphatic heterocycles. The molecule has 66 valence electrons. The van der Waals surface area contributed by atoms with Gasteiger partial charge in [-0.15, -0.1) is 0 Å². The Kier molecular flexibility index (Phi) is 2.60. The number of anilines is 1. The van der Waals surface area contributed by atoms with Crippen LogP contribution in [0.1, 0.15) is 5.56 Å². The summed E-state index contributed by atoms with van der Waals surface area (Å²) in [6.45, 7) is 0. The lowest BCUT2D eigenvalue weighted by Gasteiger charge is -1.98. The minimum absolute atomic E-state index is 0.0917. The Morgan fingerprint density at radius 3 is 2.62 bits per heavy atom. The number of aldehydes is 1. The largest absolute Gasteiger partial charge is 0.396 e. The molecule has 4 heteroatoms. The van der Waals surface area contributed by atoms with Gasteiger partial charge < -0.3 is 5.73 Å². The maximum atomic E-state index is 12.8. The molecular formula is C9H5F2NO. The summed E-state index contributed by atoms with van der Waals surface area (Å²) in [6, 6.07) is 1.67. The summed E-state index contributed by atoms with van der Waals surface area (Å²) >= 11 is 0. The van der Waals surface area contributed by atoms with E-state index in [-0.39, 0.29) is 11.3 Å². The SMILES string of the molecule is Nc1cc(C#CC=O)c(F)cc1F. The van der Waals surface area contributed by atoms with Gasteiger partial charge in [-0.1, -0.05) is 5.92 Å². The zero-order chi connectivity index (χ0) is 9.84. The third-order valence-electron chi connectivity index (χ3n) is 1.35. The van der Waals surface area contributed by atoms with Crippen molar-refractivity contribution in [2.45, 2.75) is 0 Å². The maximum absolute atomic E-state index is 12.8. The topological polar surface area (TPSA) is 43.1 Å². The second kappa shape index (κ2) is 3.68. The first-order chi connectivity index (χ1) is 6.15. The van der Waals surface area contributed by atoms with Gasteiger partial charge in [0, 0.05) is 6.07 Å². The highest BCUT2D eigenvalue weighted by Crippen LogP contribution is 2.15. The lowest BCUT2D eigenvalue weighted by Crippen LogP contribution is -1.94. The van der Waals surface area contributed by atoms with E-state index < -0.39 is 11.6 Å². The van der Waals surface area contributed by atoms with Crippen molar-refractivity contribution in [3.05, 3.63) is 29.3 Å². The van der Waals surface area contributed by atoms with E-state index in [1.807, 2.05) is 5.92 Å². The number of rotatable bonds is 0. The van der Waals surface area contributed by atoms with E-state index in [1.54, 1.807) is 0 Å². The van der Waals surface area contributed by atoms with Crippen molar-refractivity contribution in [3.8, 4) is 11.8 Å². The van der Waals surface area contributed by atoms with Gasteiger partial charge in [-0.3, -0.25) is 4.79 Å². The van der Waals surface area contributed by atoms with Crippen LogP contribution in [0.3, 0.4) is 0 Å². The minimum Gasteiger partial charge on any atom is -0.396 e. The van der Waals surface area contributed by atoms with Crippen molar-refractivity contribution in [2.75, 3.05) is 5.73 Å². The van der Waals surface area contributed by atoms with Crippen molar-refractivity contribution < 1.29 is 13.6 Å². The first-order valence-electron chi connectivity index (χ1n) is 3.35. The van der Waals surface area contributed by atoms with Gasteiger partial charge in [0.25, 0.3) is 0 Å². The summed E-state index contributed by atoms with van der Waals surface area (Å²) in [6.07, 6.45) is 0.318. The van der Waals surface area contributed by atoms with E-state index in [2.05, 4.69) is 5.92 Å². The van der Waals surface area contributed by atoms with Crippen LogP contribution in [0.25, 0.3) is 0 Å². The number of nitrogens with two attached hydrogens (primary N) is 1. The summed E-state index contributed by atoms with van der Waals surface area (Å²) in [5.41, 5.74) is 4.87. The van der Waals surface area contributed by atoms with Gasteiger partial charge in [0.05, 0.1) is 11.3 Å². The predicted octanol–water partition coefficient (Wildman–Crippen LogP) is 1.10. The van der Waals surface area contributed by atoms with Crippen LogP contribution in [0, 0.1) is 23.5 Å². The number of carbonyl (C=O) groups excluding carboxylic acids is 1. The summed E-state index contributed by atoms with van der Waals surface area (Å²) in [5, 5.41) is 0. The Labute approximate surface area is 73.4 Å². The number of halogens is 2. The molecule has 0 saturated heterocycles. The number of nitrogen functional groups attached to an aromatic ring is 1. The minimum atomic E-state index is -0.839. The van der Waals surface area contributed by atoms with Crippen LogP contribution in [0.15, 0.2) is 12.1 Å². The van der Waals surface area contributed by atoms with E-state index in [9.17, 15) is 13.6 Å². The summed E-state index contributed by atoms with van der Waals surface area (Å²) in [5.74, 6) is 2.52. The Morgan fingerprint density at radius 1 is 1.31 bits per heavy atom. The van der Waals surface area contributed by atoms with Crippen molar-refractivity contribution >= 4 is 12.0 Å². The van der Waals surface area contributed by atoms with Crippen LogP contribution in [-0.4, -0.2) is 6.29 Å². The smallest absolute Gasteiger partial charge is 0.193 e. The van der Waals surface area contributed by atoms with Gasteiger partial charge in [0.2, 0.25) is 0 Å². The molecule has 0 unspecified atom stereocenters. The number of carbonyl (C=O) groups is 1. The van der Waals surface area contributed by atoms with E-state index in [1.165, 1.54) is 0 Å². The fourth-order valence-electron chi connectivity index (χ4n) is 0.769. The van der Waals surface area contributed by atoms with Crippen LogP contribution < -0.4 is 5.73 Å². The van der Waals surface area contributed by atoms with E-state index in [0.29, 0.717) is 12.4 Å². The molecule has 0 aromatic heterocycles. The predicted molar refractivity (Wildman–Crippen MR) is 43.7 cm³/mol. The first-order valence-corrected chi connectivity index (χ1v) is 3.35. The Bertz CT molecular complexity index is 404. The summed E-state index contributed by atoms with van der Waals surface area (Å²) in [7, 11) is 0. The fraction of sp³-hybridized carbons (Fsp3) is 0. The fourth-order valence-corrected chi connectivity index (χ4v) is 0.769. The lowest BCUT2D eigenvalue weighted by molar-refractivity contribution is -0.103. The Hall–Kier alpha value is -1.89. The van der Waals surface area contributed by atoms with Crippen LogP contribution in [0.4, 0.5) is 14.5 Å². The molecule has 0 saturated carbocycles. The third kappa shape index (κ3) is 2.03. The second-order valence-corrected chi connectivity index (χ2v) is 2.24. The number of benzene rings is 1. The van der Waals surface area contributed by atoms with Crippen molar-refractivity contribution in [2.24, 2.45) is 0 Å². The zero-order valence-corrected chi connectivity index (χ0v) is 6.47. The van der Waals surface area contributed by atoms with Crippen molar-refractivity contribution in [1.29, 1.82) is 0 Å². The van der Waals surface area contributed by atoms with Crippen molar-refractivity contribution in [1.82, 2.24) is 0 Å². The van der Waals surface area contributed by atoms with E-state index in [0.717, 1.165) is 6.07 Å². The number of hydrogen-bond donors (Lipinski definition) is 1. The molecule has 0 aliphatic rings.